The van der Waals surface area contributed by atoms with E-state index < -0.39 is 0 Å². The van der Waals surface area contributed by atoms with Crippen LogP contribution in [0, 0.1) is 5.82 Å². The number of nitrogens with zero attached hydrogens (tertiary/aromatic N) is 3. The number of fused-ring (bicyclic) bond motifs is 1. The highest BCUT2D eigenvalue weighted by Crippen LogP contribution is 2.25. The third kappa shape index (κ3) is 2.30. The van der Waals surface area contributed by atoms with Gasteiger partial charge in [0.2, 0.25) is 0 Å². The number of hydrogen-bond acceptors (Lipinski definition) is 2. The van der Waals surface area contributed by atoms with Gasteiger partial charge in [0.05, 0.1) is 11.4 Å². The minimum absolute atomic E-state index is 0.230. The van der Waals surface area contributed by atoms with Crippen LogP contribution < -0.4 is 0 Å². The average Bonchev–Trinajstić information content (AvgIpc) is 2.78. The van der Waals surface area contributed by atoms with E-state index in [2.05, 4.69) is 14.3 Å². The van der Waals surface area contributed by atoms with Crippen LogP contribution in [0.3, 0.4) is 0 Å². The second kappa shape index (κ2) is 5.06. The quantitative estimate of drug-likeness (QED) is 0.728. The molecule has 0 unspecified atom stereocenters. The maximum atomic E-state index is 13.1. The van der Waals surface area contributed by atoms with Crippen molar-refractivity contribution in [1.29, 1.82) is 0 Å². The molecule has 0 saturated heterocycles. The van der Waals surface area contributed by atoms with Crippen LogP contribution in [0.1, 0.15) is 5.69 Å². The highest BCUT2D eigenvalue weighted by Gasteiger charge is 2.14. The molecule has 0 aliphatic rings. The van der Waals surface area contributed by atoms with Crippen LogP contribution in [0.5, 0.6) is 0 Å². The first-order valence-electron chi connectivity index (χ1n) is 6.52. The van der Waals surface area contributed by atoms with E-state index >= 15 is 0 Å². The summed E-state index contributed by atoms with van der Waals surface area (Å²) in [7, 11) is 4.05. The summed E-state index contributed by atoms with van der Waals surface area (Å²) in [5.41, 5.74) is 3.86. The van der Waals surface area contributed by atoms with Gasteiger partial charge >= 0.3 is 0 Å². The summed E-state index contributed by atoms with van der Waals surface area (Å²) in [5.74, 6) is -0.230. The summed E-state index contributed by atoms with van der Waals surface area (Å²) >= 11 is 0. The summed E-state index contributed by atoms with van der Waals surface area (Å²) in [5, 5.41) is 0. The topological polar surface area (TPSA) is 20.5 Å². The van der Waals surface area contributed by atoms with Gasteiger partial charge < -0.3 is 9.30 Å². The van der Waals surface area contributed by atoms with E-state index in [4.69, 9.17) is 0 Å². The lowest BCUT2D eigenvalue weighted by Gasteiger charge is -2.11. The maximum absolute atomic E-state index is 13.1. The predicted octanol–water partition coefficient (Wildman–Crippen LogP) is 3.20. The molecule has 0 saturated carbocycles. The predicted molar refractivity (Wildman–Crippen MR) is 78.0 cm³/mol. The van der Waals surface area contributed by atoms with E-state index in [0.29, 0.717) is 0 Å². The monoisotopic (exact) mass is 269 g/mol. The lowest BCUT2D eigenvalue weighted by Crippen LogP contribution is -2.13. The van der Waals surface area contributed by atoms with E-state index in [9.17, 15) is 4.39 Å². The van der Waals surface area contributed by atoms with Gasteiger partial charge in [0.1, 0.15) is 11.5 Å². The number of hydrogen-bond donors (Lipinski definition) is 0. The van der Waals surface area contributed by atoms with Crippen molar-refractivity contribution in [2.75, 3.05) is 14.1 Å². The minimum atomic E-state index is -0.230. The molecule has 2 heterocycles. The molecule has 0 amide bonds. The first kappa shape index (κ1) is 12.8. The Morgan fingerprint density at radius 2 is 1.85 bits per heavy atom. The van der Waals surface area contributed by atoms with Crippen LogP contribution in [-0.2, 0) is 6.54 Å². The van der Waals surface area contributed by atoms with Gasteiger partial charge in [0.15, 0.2) is 0 Å². The highest BCUT2D eigenvalue weighted by atomic mass is 19.1. The van der Waals surface area contributed by atoms with E-state index in [0.717, 1.165) is 29.1 Å². The first-order chi connectivity index (χ1) is 9.65. The largest absolute Gasteiger partial charge is 0.304 e. The molecule has 0 aliphatic carbocycles. The highest BCUT2D eigenvalue weighted by molar-refractivity contribution is 5.66. The molecule has 0 N–H and O–H groups in total. The van der Waals surface area contributed by atoms with Gasteiger partial charge in [-0.1, -0.05) is 6.07 Å². The molecular weight excluding hydrogens is 253 g/mol. The number of benzene rings is 1. The molecule has 102 valence electrons. The van der Waals surface area contributed by atoms with Gasteiger partial charge in [-0.2, -0.15) is 0 Å². The Labute approximate surface area is 117 Å². The van der Waals surface area contributed by atoms with Gasteiger partial charge in [0.25, 0.3) is 0 Å². The summed E-state index contributed by atoms with van der Waals surface area (Å²) < 4.78 is 15.2. The Morgan fingerprint density at radius 1 is 1.10 bits per heavy atom. The summed E-state index contributed by atoms with van der Waals surface area (Å²) in [6.45, 7) is 0.776. The fraction of sp³-hybridized carbons (Fsp3) is 0.188. The standard InChI is InChI=1S/C16H16FN3/c1-19(2)11-14-16(12-6-8-13(17)9-7-12)18-15-5-3-4-10-20(14)15/h3-10H,11H2,1-2H3. The number of rotatable bonds is 3. The van der Waals surface area contributed by atoms with Crippen molar-refractivity contribution in [3.63, 3.8) is 0 Å². The van der Waals surface area contributed by atoms with Gasteiger partial charge in [-0.25, -0.2) is 9.37 Å². The third-order valence-corrected chi connectivity index (χ3v) is 3.21. The van der Waals surface area contributed by atoms with Crippen molar-refractivity contribution >= 4 is 5.65 Å². The van der Waals surface area contributed by atoms with Crippen LogP contribution in [0.4, 0.5) is 4.39 Å². The number of aromatic nitrogens is 2. The molecular formula is C16H16FN3. The number of halogens is 1. The molecule has 0 radical (unpaired) electrons. The summed E-state index contributed by atoms with van der Waals surface area (Å²) in [6, 6.07) is 12.4. The molecule has 3 rings (SSSR count). The Balaban J connectivity index is 2.20. The summed E-state index contributed by atoms with van der Waals surface area (Å²) in [4.78, 5) is 6.78. The molecule has 4 heteroatoms. The molecule has 0 fully saturated rings. The molecule has 1 aromatic carbocycles. The van der Waals surface area contributed by atoms with Gasteiger partial charge in [-0.15, -0.1) is 0 Å². The number of imidazole rings is 1. The summed E-state index contributed by atoms with van der Waals surface area (Å²) in [6.07, 6.45) is 2.01. The lowest BCUT2D eigenvalue weighted by molar-refractivity contribution is 0.396. The van der Waals surface area contributed by atoms with Crippen molar-refractivity contribution < 1.29 is 4.39 Å². The van der Waals surface area contributed by atoms with Gasteiger partial charge in [-0.05, 0) is 50.5 Å². The molecule has 0 atom stereocenters. The Kier molecular flexibility index (Phi) is 3.24. The first-order valence-corrected chi connectivity index (χ1v) is 6.52. The molecule has 20 heavy (non-hydrogen) atoms. The fourth-order valence-corrected chi connectivity index (χ4v) is 2.34. The molecule has 0 spiro atoms. The molecule has 0 bridgehead atoms. The Bertz CT molecular complexity index is 729. The SMILES string of the molecule is CN(C)Cc1c(-c2ccc(F)cc2)nc2ccccn12. The Morgan fingerprint density at radius 3 is 2.55 bits per heavy atom. The normalized spacial score (nSPS) is 11.4. The van der Waals surface area contributed by atoms with Crippen LogP contribution in [0.15, 0.2) is 48.7 Å². The zero-order chi connectivity index (χ0) is 14.1. The van der Waals surface area contributed by atoms with Crippen molar-refractivity contribution in [3.05, 3.63) is 60.2 Å². The van der Waals surface area contributed by atoms with Crippen molar-refractivity contribution in [2.24, 2.45) is 0 Å². The number of pyridine rings is 1. The molecule has 3 aromatic rings. The van der Waals surface area contributed by atoms with E-state index in [1.807, 2.05) is 38.5 Å². The van der Waals surface area contributed by atoms with Crippen LogP contribution in [-0.4, -0.2) is 28.4 Å². The Hall–Kier alpha value is -2.20. The minimum Gasteiger partial charge on any atom is -0.304 e. The maximum Gasteiger partial charge on any atom is 0.137 e. The molecule has 3 nitrogen and oxygen atoms in total. The lowest BCUT2D eigenvalue weighted by atomic mass is 10.1. The van der Waals surface area contributed by atoms with Gasteiger partial charge in [-0.3, -0.25) is 0 Å². The molecule has 0 aliphatic heterocycles. The van der Waals surface area contributed by atoms with E-state index in [-0.39, 0.29) is 5.82 Å². The third-order valence-electron chi connectivity index (χ3n) is 3.21. The van der Waals surface area contributed by atoms with Crippen LogP contribution >= 0.6 is 0 Å². The van der Waals surface area contributed by atoms with Crippen molar-refractivity contribution in [2.45, 2.75) is 6.54 Å². The smallest absolute Gasteiger partial charge is 0.137 e. The second-order valence-electron chi connectivity index (χ2n) is 5.08. The zero-order valence-electron chi connectivity index (χ0n) is 11.5. The van der Waals surface area contributed by atoms with Gasteiger partial charge in [0, 0.05) is 18.3 Å². The average molecular weight is 269 g/mol. The van der Waals surface area contributed by atoms with Crippen LogP contribution in [0.2, 0.25) is 0 Å². The van der Waals surface area contributed by atoms with Crippen molar-refractivity contribution in [3.8, 4) is 11.3 Å². The fourth-order valence-electron chi connectivity index (χ4n) is 2.34. The molecule has 2 aromatic heterocycles. The zero-order valence-corrected chi connectivity index (χ0v) is 11.5. The van der Waals surface area contributed by atoms with E-state index in [1.165, 1.54) is 12.1 Å². The van der Waals surface area contributed by atoms with Crippen molar-refractivity contribution in [1.82, 2.24) is 14.3 Å². The van der Waals surface area contributed by atoms with E-state index in [1.54, 1.807) is 12.1 Å². The second-order valence-corrected chi connectivity index (χ2v) is 5.08. The van der Waals surface area contributed by atoms with Crippen LogP contribution in [0.25, 0.3) is 16.9 Å².